The number of rotatable bonds is 3. The van der Waals surface area contributed by atoms with Crippen LogP contribution in [0.5, 0.6) is 0 Å². The first-order chi connectivity index (χ1) is 8.61. The zero-order valence-electron chi connectivity index (χ0n) is 9.08. The van der Waals surface area contributed by atoms with Crippen molar-refractivity contribution in [2.24, 2.45) is 5.11 Å². The molecule has 0 saturated carbocycles. The second-order valence-electron chi connectivity index (χ2n) is 3.63. The van der Waals surface area contributed by atoms with Crippen LogP contribution in [-0.4, -0.2) is 25.3 Å². The third-order valence-corrected chi connectivity index (χ3v) is 3.08. The molecular weight excluding hydrogens is 307 g/mol. The fraction of sp³-hybridized carbons (Fsp3) is 0.300. The van der Waals surface area contributed by atoms with Crippen LogP contribution < -0.4 is 4.90 Å². The Morgan fingerprint density at radius 3 is 3.11 bits per heavy atom. The largest absolute Gasteiger partial charge is 0.444 e. The van der Waals surface area contributed by atoms with Crippen LogP contribution in [0.4, 0.5) is 14.9 Å². The van der Waals surface area contributed by atoms with Crippen LogP contribution in [0.1, 0.15) is 0 Å². The van der Waals surface area contributed by atoms with E-state index in [1.54, 1.807) is 6.07 Å². The smallest absolute Gasteiger partial charge is 0.414 e. The average Bonchev–Trinajstić information content (AvgIpc) is 2.71. The molecule has 1 atom stereocenters. The van der Waals surface area contributed by atoms with Gasteiger partial charge in [-0.1, -0.05) is 5.11 Å². The third-order valence-electron chi connectivity index (χ3n) is 2.44. The number of carbonyl (C=O) groups excluding carboxylic acids is 1. The average molecular weight is 315 g/mol. The summed E-state index contributed by atoms with van der Waals surface area (Å²) in [5, 5.41) is 3.34. The second kappa shape index (κ2) is 5.24. The van der Waals surface area contributed by atoms with E-state index in [0.717, 1.165) is 0 Å². The summed E-state index contributed by atoms with van der Waals surface area (Å²) >= 11 is 3.03. The van der Waals surface area contributed by atoms with Gasteiger partial charge in [0.25, 0.3) is 0 Å². The molecule has 0 spiro atoms. The SMILES string of the molecule is [N-]=[N+]=NC[C@H]1CN(c2ccc(Br)c(F)c2)C(=O)O1. The van der Waals surface area contributed by atoms with E-state index in [4.69, 9.17) is 10.3 Å². The molecule has 2 rings (SSSR count). The molecule has 0 radical (unpaired) electrons. The summed E-state index contributed by atoms with van der Waals surface area (Å²) in [7, 11) is 0. The van der Waals surface area contributed by atoms with Crippen LogP contribution in [-0.2, 0) is 4.74 Å². The number of halogens is 2. The molecule has 1 aromatic carbocycles. The Balaban J connectivity index is 2.16. The molecule has 18 heavy (non-hydrogen) atoms. The molecule has 8 heteroatoms. The van der Waals surface area contributed by atoms with Gasteiger partial charge in [0.2, 0.25) is 0 Å². The van der Waals surface area contributed by atoms with Gasteiger partial charge in [-0.25, -0.2) is 9.18 Å². The number of benzene rings is 1. The third kappa shape index (κ3) is 2.55. The Bertz CT molecular complexity index is 533. The summed E-state index contributed by atoms with van der Waals surface area (Å²) < 4.78 is 18.7. The predicted molar refractivity (Wildman–Crippen MR) is 65.7 cm³/mol. The molecule has 0 bridgehead atoms. The number of carbonyl (C=O) groups is 1. The topological polar surface area (TPSA) is 78.3 Å². The molecule has 1 heterocycles. The first-order valence-electron chi connectivity index (χ1n) is 5.06. The van der Waals surface area contributed by atoms with Gasteiger partial charge in [-0.15, -0.1) is 0 Å². The van der Waals surface area contributed by atoms with Crippen molar-refractivity contribution in [3.05, 3.63) is 38.9 Å². The highest BCUT2D eigenvalue weighted by Crippen LogP contribution is 2.26. The van der Waals surface area contributed by atoms with Crippen molar-refractivity contribution in [2.75, 3.05) is 18.0 Å². The van der Waals surface area contributed by atoms with Gasteiger partial charge in [-0.05, 0) is 39.7 Å². The van der Waals surface area contributed by atoms with Gasteiger partial charge >= 0.3 is 6.09 Å². The molecule has 0 N–H and O–H groups in total. The van der Waals surface area contributed by atoms with E-state index in [9.17, 15) is 9.18 Å². The monoisotopic (exact) mass is 314 g/mol. The van der Waals surface area contributed by atoms with Gasteiger partial charge < -0.3 is 4.74 Å². The fourth-order valence-corrected chi connectivity index (χ4v) is 1.85. The molecule has 94 valence electrons. The van der Waals surface area contributed by atoms with Crippen molar-refractivity contribution in [1.29, 1.82) is 0 Å². The molecule has 0 aliphatic carbocycles. The van der Waals surface area contributed by atoms with E-state index in [1.807, 2.05) is 0 Å². The Morgan fingerprint density at radius 1 is 1.67 bits per heavy atom. The molecule has 0 aromatic heterocycles. The summed E-state index contributed by atoms with van der Waals surface area (Å²) in [5.41, 5.74) is 8.60. The number of nitrogens with zero attached hydrogens (tertiary/aromatic N) is 4. The molecule has 6 nitrogen and oxygen atoms in total. The lowest BCUT2D eigenvalue weighted by atomic mass is 10.2. The lowest BCUT2D eigenvalue weighted by Gasteiger charge is -2.12. The Hall–Kier alpha value is -1.79. The molecule has 1 fully saturated rings. The van der Waals surface area contributed by atoms with E-state index in [-0.39, 0.29) is 13.1 Å². The van der Waals surface area contributed by atoms with Crippen LogP contribution in [0.15, 0.2) is 27.8 Å². The maximum absolute atomic E-state index is 13.4. The maximum Gasteiger partial charge on any atom is 0.414 e. The van der Waals surface area contributed by atoms with Crippen LogP contribution in [0.2, 0.25) is 0 Å². The van der Waals surface area contributed by atoms with Crippen molar-refractivity contribution in [3.8, 4) is 0 Å². The minimum Gasteiger partial charge on any atom is -0.444 e. The second-order valence-corrected chi connectivity index (χ2v) is 4.48. The standard InChI is InChI=1S/C10H8BrFN4O2/c11-8-2-1-6(3-9(8)12)16-5-7(4-14-15-13)18-10(16)17/h1-3,7H,4-5H2/t7-/m0/s1. The molecule has 1 aliphatic heterocycles. The number of hydrogen-bond acceptors (Lipinski definition) is 3. The normalized spacial score (nSPS) is 18.4. The molecule has 0 unspecified atom stereocenters. The number of anilines is 1. The summed E-state index contributed by atoms with van der Waals surface area (Å²) in [4.78, 5) is 15.5. The van der Waals surface area contributed by atoms with Crippen molar-refractivity contribution in [1.82, 2.24) is 0 Å². The minimum absolute atomic E-state index is 0.0672. The van der Waals surface area contributed by atoms with E-state index < -0.39 is 18.0 Å². The van der Waals surface area contributed by atoms with Crippen molar-refractivity contribution in [3.63, 3.8) is 0 Å². The van der Waals surface area contributed by atoms with Gasteiger partial charge in [0.05, 0.1) is 23.2 Å². The van der Waals surface area contributed by atoms with Crippen LogP contribution in [0.3, 0.4) is 0 Å². The maximum atomic E-state index is 13.4. The van der Waals surface area contributed by atoms with Crippen molar-refractivity contribution in [2.45, 2.75) is 6.10 Å². The van der Waals surface area contributed by atoms with Crippen LogP contribution in [0, 0.1) is 5.82 Å². The lowest BCUT2D eigenvalue weighted by Crippen LogP contribution is -2.25. The minimum atomic E-state index is -0.574. The first kappa shape index (κ1) is 12.7. The number of azide groups is 1. The van der Waals surface area contributed by atoms with E-state index in [0.29, 0.717) is 10.2 Å². The lowest BCUT2D eigenvalue weighted by molar-refractivity contribution is 0.145. The Morgan fingerprint density at radius 2 is 2.44 bits per heavy atom. The van der Waals surface area contributed by atoms with Gasteiger partial charge in [-0.3, -0.25) is 4.90 Å². The Labute approximate surface area is 110 Å². The number of cyclic esters (lactones) is 1. The number of hydrogen-bond donors (Lipinski definition) is 0. The molecule has 1 saturated heterocycles. The zero-order valence-corrected chi connectivity index (χ0v) is 10.7. The quantitative estimate of drug-likeness (QED) is 0.488. The number of amides is 1. The fourth-order valence-electron chi connectivity index (χ4n) is 1.61. The van der Waals surface area contributed by atoms with Gasteiger partial charge in [0.1, 0.15) is 11.9 Å². The predicted octanol–water partition coefficient (Wildman–Crippen LogP) is 3.22. The van der Waals surface area contributed by atoms with Crippen molar-refractivity contribution >= 4 is 27.7 Å². The highest BCUT2D eigenvalue weighted by atomic mass is 79.9. The highest BCUT2D eigenvalue weighted by Gasteiger charge is 2.32. The van der Waals surface area contributed by atoms with Gasteiger partial charge in [-0.2, -0.15) is 0 Å². The van der Waals surface area contributed by atoms with Crippen LogP contribution in [0.25, 0.3) is 10.4 Å². The molecule has 1 aromatic rings. The van der Waals surface area contributed by atoms with E-state index >= 15 is 0 Å². The van der Waals surface area contributed by atoms with Gasteiger partial charge in [0.15, 0.2) is 0 Å². The Kier molecular flexibility index (Phi) is 3.69. The molecule has 1 aliphatic rings. The highest BCUT2D eigenvalue weighted by molar-refractivity contribution is 9.10. The summed E-state index contributed by atoms with van der Waals surface area (Å²) in [6.45, 7) is 0.302. The summed E-state index contributed by atoms with van der Waals surface area (Å²) in [5.74, 6) is -0.459. The van der Waals surface area contributed by atoms with Gasteiger partial charge in [0, 0.05) is 4.91 Å². The molecular formula is C10H8BrFN4O2. The molecule has 1 amide bonds. The summed E-state index contributed by atoms with van der Waals surface area (Å²) in [6.07, 6.45) is -1.07. The number of ether oxygens (including phenoxy) is 1. The van der Waals surface area contributed by atoms with Crippen molar-refractivity contribution < 1.29 is 13.9 Å². The zero-order chi connectivity index (χ0) is 13.1. The van der Waals surface area contributed by atoms with E-state index in [1.165, 1.54) is 17.0 Å². The first-order valence-corrected chi connectivity index (χ1v) is 5.85. The van der Waals surface area contributed by atoms with E-state index in [2.05, 4.69) is 26.0 Å². The van der Waals surface area contributed by atoms with Crippen LogP contribution >= 0.6 is 15.9 Å². The summed E-state index contributed by atoms with van der Waals surface area (Å²) in [6, 6.07) is 4.35.